The molecule has 4 amide bonds. The minimum atomic E-state index is -1.74. The summed E-state index contributed by atoms with van der Waals surface area (Å²) in [6.45, 7) is 1.54. The van der Waals surface area contributed by atoms with E-state index in [2.05, 4.69) is 28.8 Å². The number of rotatable bonds is 11. The van der Waals surface area contributed by atoms with Crippen LogP contribution in [0, 0.1) is 0 Å². The molecule has 0 heterocycles. The fourth-order valence-electron chi connectivity index (χ4n) is 3.20. The second-order valence-corrected chi connectivity index (χ2v) is 8.02. The van der Waals surface area contributed by atoms with Crippen LogP contribution in [0.4, 0.5) is 9.59 Å². The van der Waals surface area contributed by atoms with Crippen molar-refractivity contribution in [2.24, 2.45) is 0 Å². The van der Waals surface area contributed by atoms with Crippen molar-refractivity contribution in [2.75, 3.05) is 19.7 Å². The Kier molecular flexibility index (Phi) is 12.4. The average Bonchev–Trinajstić information content (AvgIpc) is 2.75. The molecule has 4 atom stereocenters. The van der Waals surface area contributed by atoms with Crippen molar-refractivity contribution < 1.29 is 35.1 Å². The SMILES string of the molecule is CCCCNC(=O)N(S)C1CCC(NC(=O)NC[C@H](O)[C@@H](O)[C@H](O)[C@H](O)CO)CC1. The maximum atomic E-state index is 12.1. The van der Waals surface area contributed by atoms with Crippen molar-refractivity contribution in [1.29, 1.82) is 0 Å². The van der Waals surface area contributed by atoms with E-state index < -0.39 is 37.1 Å². The van der Waals surface area contributed by atoms with Gasteiger partial charge in [0.25, 0.3) is 0 Å². The number of urea groups is 2. The van der Waals surface area contributed by atoms with Crippen LogP contribution in [0.5, 0.6) is 0 Å². The van der Waals surface area contributed by atoms with Gasteiger partial charge in [-0.3, -0.25) is 4.31 Å². The number of hydrogen-bond acceptors (Lipinski definition) is 8. The molecule has 1 aliphatic carbocycles. The molecule has 1 rings (SSSR count). The van der Waals surface area contributed by atoms with Gasteiger partial charge in [0, 0.05) is 25.2 Å². The molecule has 0 aromatic carbocycles. The number of thiol groups is 1. The van der Waals surface area contributed by atoms with E-state index in [0.29, 0.717) is 32.2 Å². The van der Waals surface area contributed by atoms with Crippen LogP contribution >= 0.6 is 12.8 Å². The molecule has 1 saturated carbocycles. The van der Waals surface area contributed by atoms with Gasteiger partial charge in [-0.15, -0.1) is 0 Å². The van der Waals surface area contributed by atoms with Crippen molar-refractivity contribution in [2.45, 2.75) is 81.9 Å². The summed E-state index contributed by atoms with van der Waals surface area (Å²) in [4.78, 5) is 24.1. The minimum Gasteiger partial charge on any atom is -0.394 e. The van der Waals surface area contributed by atoms with Crippen molar-refractivity contribution in [3.63, 3.8) is 0 Å². The summed E-state index contributed by atoms with van der Waals surface area (Å²) in [5.74, 6) is 0. The van der Waals surface area contributed by atoms with E-state index in [1.165, 1.54) is 4.31 Å². The van der Waals surface area contributed by atoms with Crippen molar-refractivity contribution >= 4 is 24.9 Å². The largest absolute Gasteiger partial charge is 0.394 e. The highest BCUT2D eigenvalue weighted by Gasteiger charge is 2.31. The summed E-state index contributed by atoms with van der Waals surface area (Å²) in [6.07, 6.45) is -2.01. The van der Waals surface area contributed by atoms with E-state index in [0.717, 1.165) is 12.8 Å². The number of aliphatic hydroxyl groups excluding tert-OH is 5. The molecule has 0 aromatic heterocycles. The first-order valence-electron chi connectivity index (χ1n) is 10.3. The van der Waals surface area contributed by atoms with Crippen LogP contribution in [0.15, 0.2) is 0 Å². The minimum absolute atomic E-state index is 0.0209. The van der Waals surface area contributed by atoms with E-state index >= 15 is 0 Å². The molecule has 11 nitrogen and oxygen atoms in total. The topological polar surface area (TPSA) is 175 Å². The molecule has 8 N–H and O–H groups in total. The van der Waals surface area contributed by atoms with Gasteiger partial charge in [0.2, 0.25) is 0 Å². The number of unbranched alkanes of at least 4 members (excludes halogenated alkanes) is 1. The zero-order valence-electron chi connectivity index (χ0n) is 17.3. The Morgan fingerprint density at radius 2 is 1.63 bits per heavy atom. The zero-order chi connectivity index (χ0) is 22.7. The van der Waals surface area contributed by atoms with Crippen LogP contribution in [-0.2, 0) is 0 Å². The highest BCUT2D eigenvalue weighted by molar-refractivity contribution is 7.78. The summed E-state index contributed by atoms with van der Waals surface area (Å²) in [5, 5.41) is 55.1. The van der Waals surface area contributed by atoms with Gasteiger partial charge in [0.15, 0.2) is 0 Å². The number of carbonyl (C=O) groups is 2. The van der Waals surface area contributed by atoms with Crippen molar-refractivity contribution in [3.8, 4) is 0 Å². The Balaban J connectivity index is 2.31. The molecule has 0 saturated heterocycles. The molecule has 1 fully saturated rings. The molecule has 30 heavy (non-hydrogen) atoms. The lowest BCUT2D eigenvalue weighted by Crippen LogP contribution is -2.52. The fraction of sp³-hybridized carbons (Fsp3) is 0.889. The Bertz CT molecular complexity index is 523. The standard InChI is InChI=1S/C18H36N4O7S/c1-2-3-8-19-18(29)22(30)12-6-4-11(5-7-12)21-17(28)20-9-13(24)15(26)16(27)14(25)10-23/h11-16,23-27,30H,2-10H2,1H3,(H,19,29)(H2,20,21,28)/t11?,12?,13-,14+,15+,16+/m0/s1. The van der Waals surface area contributed by atoms with Crippen LogP contribution < -0.4 is 16.0 Å². The molecule has 0 aliphatic heterocycles. The molecule has 1 aliphatic rings. The second kappa shape index (κ2) is 13.9. The molecule has 0 unspecified atom stereocenters. The highest BCUT2D eigenvalue weighted by atomic mass is 32.1. The molecule has 12 heteroatoms. The van der Waals surface area contributed by atoms with Gasteiger partial charge in [-0.1, -0.05) is 26.2 Å². The second-order valence-electron chi connectivity index (χ2n) is 7.59. The van der Waals surface area contributed by atoms with Gasteiger partial charge in [0.1, 0.15) is 18.3 Å². The first-order valence-corrected chi connectivity index (χ1v) is 10.7. The monoisotopic (exact) mass is 452 g/mol. The summed E-state index contributed by atoms with van der Waals surface area (Å²) in [7, 11) is 0. The van der Waals surface area contributed by atoms with E-state index in [9.17, 15) is 30.0 Å². The van der Waals surface area contributed by atoms with Crippen LogP contribution in [-0.4, -0.2) is 98.1 Å². The zero-order valence-corrected chi connectivity index (χ0v) is 18.2. The van der Waals surface area contributed by atoms with Crippen LogP contribution in [0.25, 0.3) is 0 Å². The molecule has 176 valence electrons. The normalized spacial score (nSPS) is 23.0. The van der Waals surface area contributed by atoms with Gasteiger partial charge in [0.05, 0.1) is 12.7 Å². The number of nitrogens with zero attached hydrogens (tertiary/aromatic N) is 1. The third kappa shape index (κ3) is 8.82. The quantitative estimate of drug-likeness (QED) is 0.138. The Labute approximate surface area is 182 Å². The number of hydrogen-bond donors (Lipinski definition) is 9. The number of aliphatic hydroxyl groups is 5. The van der Waals surface area contributed by atoms with E-state index in [1.54, 1.807) is 0 Å². The lowest BCUT2D eigenvalue weighted by molar-refractivity contribution is -0.113. The highest BCUT2D eigenvalue weighted by Crippen LogP contribution is 2.24. The number of amides is 4. The lowest BCUT2D eigenvalue weighted by Gasteiger charge is -2.34. The van der Waals surface area contributed by atoms with Crippen LogP contribution in [0.3, 0.4) is 0 Å². The third-order valence-corrected chi connectivity index (χ3v) is 5.70. The van der Waals surface area contributed by atoms with E-state index in [4.69, 9.17) is 5.11 Å². The van der Waals surface area contributed by atoms with Crippen LogP contribution in [0.1, 0.15) is 45.4 Å². The van der Waals surface area contributed by atoms with Gasteiger partial charge < -0.3 is 41.5 Å². The van der Waals surface area contributed by atoms with Gasteiger partial charge >= 0.3 is 12.1 Å². The summed E-state index contributed by atoms with van der Waals surface area (Å²) in [6, 6.07) is -0.883. The van der Waals surface area contributed by atoms with Crippen molar-refractivity contribution in [3.05, 3.63) is 0 Å². The number of carbonyl (C=O) groups excluding carboxylic acids is 2. The molecule has 0 aromatic rings. The van der Waals surface area contributed by atoms with E-state index in [1.807, 2.05) is 6.92 Å². The molecule has 0 bridgehead atoms. The van der Waals surface area contributed by atoms with Gasteiger partial charge in [-0.25, -0.2) is 9.59 Å². The Morgan fingerprint density at radius 3 is 2.20 bits per heavy atom. The molecular weight excluding hydrogens is 416 g/mol. The smallest absolute Gasteiger partial charge is 0.327 e. The Hall–Kier alpha value is -1.31. The fourth-order valence-corrected chi connectivity index (χ4v) is 3.50. The summed E-state index contributed by atoms with van der Waals surface area (Å²) >= 11 is 4.30. The predicted octanol–water partition coefficient (Wildman–Crippen LogP) is -1.31. The predicted molar refractivity (Wildman–Crippen MR) is 113 cm³/mol. The first-order chi connectivity index (χ1) is 14.2. The Morgan fingerprint density at radius 1 is 1.03 bits per heavy atom. The molecular formula is C18H36N4O7S. The van der Waals surface area contributed by atoms with Crippen molar-refractivity contribution in [1.82, 2.24) is 20.3 Å². The average molecular weight is 453 g/mol. The first kappa shape index (κ1) is 26.7. The van der Waals surface area contributed by atoms with Gasteiger partial charge in [-0.05, 0) is 32.1 Å². The summed E-state index contributed by atoms with van der Waals surface area (Å²) in [5.41, 5.74) is 0. The maximum Gasteiger partial charge on any atom is 0.327 e. The molecule has 0 radical (unpaired) electrons. The molecule has 0 spiro atoms. The number of nitrogens with one attached hydrogen (secondary N) is 3. The summed E-state index contributed by atoms with van der Waals surface area (Å²) < 4.78 is 1.41. The third-order valence-electron chi connectivity index (χ3n) is 5.19. The van der Waals surface area contributed by atoms with Gasteiger partial charge in [-0.2, -0.15) is 0 Å². The maximum absolute atomic E-state index is 12.1. The van der Waals surface area contributed by atoms with Crippen LogP contribution in [0.2, 0.25) is 0 Å². The lowest BCUT2D eigenvalue weighted by atomic mass is 9.91. The van der Waals surface area contributed by atoms with E-state index in [-0.39, 0.29) is 24.7 Å².